The molecule has 0 aliphatic heterocycles. The van der Waals surface area contributed by atoms with E-state index in [4.69, 9.17) is 11.6 Å². The molecule has 1 nitrogen and oxygen atoms in total. The Morgan fingerprint density at radius 3 is 2.50 bits per heavy atom. The fourth-order valence-corrected chi connectivity index (χ4v) is 1.61. The minimum Gasteiger partial charge on any atom is -1.00 e. The molecule has 14 heavy (non-hydrogen) atoms. The molecule has 1 aromatic carbocycles. The summed E-state index contributed by atoms with van der Waals surface area (Å²) in [6.07, 6.45) is 4.18. The molecule has 0 bridgehead atoms. The summed E-state index contributed by atoms with van der Waals surface area (Å²) >= 11 is 5.67. The number of hydrogen-bond donors (Lipinski definition) is 0. The molecule has 2 aromatic rings. The van der Waals surface area contributed by atoms with Crippen molar-refractivity contribution < 1.29 is 17.0 Å². The summed E-state index contributed by atoms with van der Waals surface area (Å²) in [6.45, 7) is 0.867. The standard InChI is InChI=1S/C11H11ClN.ClH/c12-6-8-13-7-5-10-3-1-2-4-11(10)9-13;/h1-5,7,9H,6,8H2;1H/q+1;/p-1. The lowest BCUT2D eigenvalue weighted by molar-refractivity contribution is -0.691. The molecule has 0 saturated heterocycles. The number of rotatable bonds is 2. The summed E-state index contributed by atoms with van der Waals surface area (Å²) in [6, 6.07) is 10.4. The first-order valence-corrected chi connectivity index (χ1v) is 4.87. The van der Waals surface area contributed by atoms with E-state index in [0.717, 1.165) is 6.54 Å². The second-order valence-electron chi connectivity index (χ2n) is 3.00. The van der Waals surface area contributed by atoms with Gasteiger partial charge in [0, 0.05) is 11.5 Å². The van der Waals surface area contributed by atoms with Crippen molar-refractivity contribution in [2.75, 3.05) is 5.88 Å². The summed E-state index contributed by atoms with van der Waals surface area (Å²) in [5.74, 6) is 0.656. The summed E-state index contributed by atoms with van der Waals surface area (Å²) < 4.78 is 2.11. The molecule has 0 radical (unpaired) electrons. The van der Waals surface area contributed by atoms with Gasteiger partial charge in [-0.25, -0.2) is 4.57 Å². The molecule has 0 amide bonds. The molecule has 0 fully saturated rings. The van der Waals surface area contributed by atoms with Gasteiger partial charge in [0.15, 0.2) is 18.9 Å². The highest BCUT2D eigenvalue weighted by Gasteiger charge is 2.00. The topological polar surface area (TPSA) is 3.88 Å². The zero-order valence-corrected chi connectivity index (χ0v) is 9.17. The van der Waals surface area contributed by atoms with Gasteiger partial charge in [-0.3, -0.25) is 0 Å². The average molecular weight is 228 g/mol. The number of benzene rings is 1. The van der Waals surface area contributed by atoms with Gasteiger partial charge >= 0.3 is 0 Å². The molecule has 0 spiro atoms. The van der Waals surface area contributed by atoms with Gasteiger partial charge in [0.1, 0.15) is 0 Å². The van der Waals surface area contributed by atoms with Crippen LogP contribution < -0.4 is 17.0 Å². The molecule has 0 saturated carbocycles. The second kappa shape index (κ2) is 5.18. The van der Waals surface area contributed by atoms with E-state index in [1.54, 1.807) is 0 Å². The normalized spacial score (nSPS) is 9.79. The number of hydrogen-bond acceptors (Lipinski definition) is 0. The average Bonchev–Trinajstić information content (AvgIpc) is 2.18. The van der Waals surface area contributed by atoms with Crippen molar-refractivity contribution in [2.24, 2.45) is 0 Å². The van der Waals surface area contributed by atoms with E-state index in [2.05, 4.69) is 35.2 Å². The molecule has 0 aliphatic rings. The molecule has 74 valence electrons. The van der Waals surface area contributed by atoms with Crippen molar-refractivity contribution in [3.05, 3.63) is 42.7 Å². The molecule has 2 rings (SSSR count). The minimum atomic E-state index is 0. The monoisotopic (exact) mass is 227 g/mol. The smallest absolute Gasteiger partial charge is 0.176 e. The summed E-state index contributed by atoms with van der Waals surface area (Å²) in [7, 11) is 0. The van der Waals surface area contributed by atoms with Crippen molar-refractivity contribution in [2.45, 2.75) is 6.54 Å². The van der Waals surface area contributed by atoms with Crippen molar-refractivity contribution >= 4 is 22.4 Å². The maximum atomic E-state index is 5.67. The van der Waals surface area contributed by atoms with Crippen LogP contribution in [0.15, 0.2) is 42.7 Å². The third-order valence-corrected chi connectivity index (χ3v) is 2.26. The SMILES string of the molecule is ClCC[n+]1ccc2ccccc2c1.[Cl-]. The van der Waals surface area contributed by atoms with Crippen LogP contribution in [0.1, 0.15) is 0 Å². The van der Waals surface area contributed by atoms with Gasteiger partial charge in [0.05, 0.1) is 5.88 Å². The third kappa shape index (κ3) is 2.37. The van der Waals surface area contributed by atoms with Crippen molar-refractivity contribution in [3.63, 3.8) is 0 Å². The Morgan fingerprint density at radius 1 is 1.07 bits per heavy atom. The number of nitrogens with zero attached hydrogens (tertiary/aromatic N) is 1. The van der Waals surface area contributed by atoms with Gasteiger partial charge in [-0.05, 0) is 11.5 Å². The highest BCUT2D eigenvalue weighted by atomic mass is 35.5. The van der Waals surface area contributed by atoms with E-state index < -0.39 is 0 Å². The molecular weight excluding hydrogens is 217 g/mol. The maximum absolute atomic E-state index is 5.67. The number of pyridine rings is 1. The fraction of sp³-hybridized carbons (Fsp3) is 0.182. The van der Waals surface area contributed by atoms with Crippen LogP contribution in [-0.2, 0) is 6.54 Å². The van der Waals surface area contributed by atoms with E-state index >= 15 is 0 Å². The Kier molecular flexibility index (Phi) is 4.18. The van der Waals surface area contributed by atoms with E-state index in [1.807, 2.05) is 12.1 Å². The summed E-state index contributed by atoms with van der Waals surface area (Å²) in [5, 5.41) is 2.53. The lowest BCUT2D eigenvalue weighted by Crippen LogP contribution is -3.00. The number of alkyl halides is 1. The Hall–Kier alpha value is -0.790. The first kappa shape index (κ1) is 11.3. The van der Waals surface area contributed by atoms with Crippen molar-refractivity contribution in [1.82, 2.24) is 0 Å². The molecule has 0 unspecified atom stereocenters. The van der Waals surface area contributed by atoms with Crippen LogP contribution in [-0.4, -0.2) is 5.88 Å². The molecule has 0 atom stereocenters. The largest absolute Gasteiger partial charge is 1.00 e. The first-order valence-electron chi connectivity index (χ1n) is 4.34. The van der Waals surface area contributed by atoms with Gasteiger partial charge in [0.25, 0.3) is 0 Å². The van der Waals surface area contributed by atoms with Gasteiger partial charge in [-0.1, -0.05) is 18.2 Å². The fourth-order valence-electron chi connectivity index (χ4n) is 1.41. The van der Waals surface area contributed by atoms with E-state index in [1.165, 1.54) is 10.8 Å². The lowest BCUT2D eigenvalue weighted by Gasteiger charge is -1.96. The maximum Gasteiger partial charge on any atom is 0.176 e. The predicted octanol–water partition coefficient (Wildman–Crippen LogP) is -0.630. The van der Waals surface area contributed by atoms with E-state index in [-0.39, 0.29) is 12.4 Å². The van der Waals surface area contributed by atoms with Crippen LogP contribution in [0, 0.1) is 0 Å². The Labute approximate surface area is 94.7 Å². The molecule has 1 aromatic heterocycles. The molecule has 3 heteroatoms. The molecule has 0 N–H and O–H groups in total. The molecular formula is C11H11Cl2N. The molecule has 0 aliphatic carbocycles. The quantitative estimate of drug-likeness (QED) is 0.476. The van der Waals surface area contributed by atoms with Crippen molar-refractivity contribution in [1.29, 1.82) is 0 Å². The van der Waals surface area contributed by atoms with E-state index in [9.17, 15) is 0 Å². The zero-order valence-electron chi connectivity index (χ0n) is 7.66. The summed E-state index contributed by atoms with van der Waals surface area (Å²) in [5.41, 5.74) is 0. The van der Waals surface area contributed by atoms with Crippen LogP contribution in [0.4, 0.5) is 0 Å². The van der Waals surface area contributed by atoms with Crippen LogP contribution >= 0.6 is 11.6 Å². The van der Waals surface area contributed by atoms with E-state index in [0.29, 0.717) is 5.88 Å². The van der Waals surface area contributed by atoms with Gasteiger partial charge in [-0.15, -0.1) is 11.6 Å². The predicted molar refractivity (Wildman–Crippen MR) is 54.9 cm³/mol. The van der Waals surface area contributed by atoms with Crippen LogP contribution in [0.25, 0.3) is 10.8 Å². The van der Waals surface area contributed by atoms with Crippen LogP contribution in [0.2, 0.25) is 0 Å². The number of aryl methyl sites for hydroxylation is 1. The van der Waals surface area contributed by atoms with Crippen LogP contribution in [0.5, 0.6) is 0 Å². The Bertz CT molecular complexity index is 415. The Morgan fingerprint density at radius 2 is 1.79 bits per heavy atom. The van der Waals surface area contributed by atoms with Crippen molar-refractivity contribution in [3.8, 4) is 0 Å². The molecule has 1 heterocycles. The van der Waals surface area contributed by atoms with Crippen LogP contribution in [0.3, 0.4) is 0 Å². The van der Waals surface area contributed by atoms with Gasteiger partial charge in [0.2, 0.25) is 0 Å². The van der Waals surface area contributed by atoms with Gasteiger partial charge < -0.3 is 12.4 Å². The minimum absolute atomic E-state index is 0. The number of fused-ring (bicyclic) bond motifs is 1. The lowest BCUT2D eigenvalue weighted by atomic mass is 10.2. The number of aromatic nitrogens is 1. The highest BCUT2D eigenvalue weighted by molar-refractivity contribution is 6.17. The summed E-state index contributed by atoms with van der Waals surface area (Å²) in [4.78, 5) is 0. The first-order chi connectivity index (χ1) is 6.40. The Balaban J connectivity index is 0.000000980. The zero-order chi connectivity index (χ0) is 9.10. The third-order valence-electron chi connectivity index (χ3n) is 2.09. The van der Waals surface area contributed by atoms with Gasteiger partial charge in [-0.2, -0.15) is 0 Å². The second-order valence-corrected chi connectivity index (χ2v) is 3.38. The number of halogens is 2. The highest BCUT2D eigenvalue weighted by Crippen LogP contribution is 2.09.